The number of rotatable bonds is 2. The standard InChI is InChI=1S/C7H15NO2.C2H6/c1-8-3-4-10-7(5-8)6-9-2;1-2/h7H,3-6H2,1-2H3;1-2H3. The maximum atomic E-state index is 5.42. The van der Waals surface area contributed by atoms with E-state index in [0.29, 0.717) is 6.61 Å². The Hall–Kier alpha value is -0.120. The van der Waals surface area contributed by atoms with Crippen LogP contribution in [0.25, 0.3) is 0 Å². The molecule has 1 aliphatic heterocycles. The molecule has 1 atom stereocenters. The van der Waals surface area contributed by atoms with Gasteiger partial charge >= 0.3 is 0 Å². The van der Waals surface area contributed by atoms with Crippen molar-refractivity contribution in [1.82, 2.24) is 4.90 Å². The molecule has 1 rings (SSSR count). The van der Waals surface area contributed by atoms with Gasteiger partial charge in [-0.15, -0.1) is 0 Å². The number of ether oxygens (including phenoxy) is 2. The number of hydrogen-bond acceptors (Lipinski definition) is 3. The molecule has 0 amide bonds. The van der Waals surface area contributed by atoms with E-state index in [9.17, 15) is 0 Å². The Kier molecular flexibility index (Phi) is 7.45. The van der Waals surface area contributed by atoms with Crippen LogP contribution in [0.4, 0.5) is 0 Å². The van der Waals surface area contributed by atoms with Gasteiger partial charge in [0.05, 0.1) is 19.3 Å². The summed E-state index contributed by atoms with van der Waals surface area (Å²) < 4.78 is 10.4. The van der Waals surface area contributed by atoms with Crippen LogP contribution in [-0.2, 0) is 9.47 Å². The zero-order valence-electron chi connectivity index (χ0n) is 8.67. The second-order valence-electron chi connectivity index (χ2n) is 2.71. The second-order valence-corrected chi connectivity index (χ2v) is 2.71. The van der Waals surface area contributed by atoms with Crippen molar-refractivity contribution in [2.75, 3.05) is 40.5 Å². The molecule has 0 aromatic heterocycles. The Balaban J connectivity index is 0.000000561. The van der Waals surface area contributed by atoms with Gasteiger partial charge < -0.3 is 14.4 Å². The van der Waals surface area contributed by atoms with Crippen molar-refractivity contribution >= 4 is 0 Å². The van der Waals surface area contributed by atoms with Gasteiger partial charge in [-0.05, 0) is 7.05 Å². The van der Waals surface area contributed by atoms with E-state index in [0.717, 1.165) is 19.7 Å². The van der Waals surface area contributed by atoms with Crippen LogP contribution in [0.2, 0.25) is 0 Å². The minimum absolute atomic E-state index is 0.281. The summed E-state index contributed by atoms with van der Waals surface area (Å²) in [6, 6.07) is 0. The topological polar surface area (TPSA) is 21.7 Å². The first-order valence-electron chi connectivity index (χ1n) is 4.62. The lowest BCUT2D eigenvalue weighted by Gasteiger charge is -2.29. The van der Waals surface area contributed by atoms with Gasteiger partial charge in [0, 0.05) is 20.2 Å². The smallest absolute Gasteiger partial charge is 0.0935 e. The predicted molar refractivity (Wildman–Crippen MR) is 50.5 cm³/mol. The van der Waals surface area contributed by atoms with Crippen LogP contribution in [0.1, 0.15) is 13.8 Å². The number of likely N-dealkylation sites (N-methyl/N-ethyl adjacent to an activating group) is 1. The van der Waals surface area contributed by atoms with Crippen molar-refractivity contribution in [2.45, 2.75) is 20.0 Å². The molecule has 74 valence electrons. The molecule has 1 aliphatic rings. The van der Waals surface area contributed by atoms with Crippen molar-refractivity contribution in [1.29, 1.82) is 0 Å². The normalized spacial score (nSPS) is 24.5. The number of methoxy groups -OCH3 is 1. The first-order valence-corrected chi connectivity index (χ1v) is 4.62. The molecule has 0 radical (unpaired) electrons. The van der Waals surface area contributed by atoms with Crippen molar-refractivity contribution in [3.63, 3.8) is 0 Å². The Morgan fingerprint density at radius 2 is 2.17 bits per heavy atom. The summed E-state index contributed by atoms with van der Waals surface area (Å²) in [6.45, 7) is 7.59. The monoisotopic (exact) mass is 175 g/mol. The molecule has 0 aromatic carbocycles. The van der Waals surface area contributed by atoms with E-state index < -0.39 is 0 Å². The van der Waals surface area contributed by atoms with Crippen LogP contribution in [0, 0.1) is 0 Å². The SMILES string of the molecule is CC.COCC1CN(C)CCO1. The highest BCUT2D eigenvalue weighted by Gasteiger charge is 2.16. The van der Waals surface area contributed by atoms with Crippen LogP contribution < -0.4 is 0 Å². The van der Waals surface area contributed by atoms with Gasteiger partial charge in [0.1, 0.15) is 0 Å². The third-order valence-corrected chi connectivity index (χ3v) is 1.69. The summed E-state index contributed by atoms with van der Waals surface area (Å²) in [4.78, 5) is 2.26. The van der Waals surface area contributed by atoms with Crippen LogP contribution >= 0.6 is 0 Å². The van der Waals surface area contributed by atoms with Crippen LogP contribution in [0.15, 0.2) is 0 Å². The zero-order valence-corrected chi connectivity index (χ0v) is 8.67. The molecule has 1 unspecified atom stereocenters. The van der Waals surface area contributed by atoms with Crippen molar-refractivity contribution in [3.05, 3.63) is 0 Å². The molecular weight excluding hydrogens is 154 g/mol. The molecular formula is C9H21NO2. The van der Waals surface area contributed by atoms with Crippen molar-refractivity contribution in [2.24, 2.45) is 0 Å². The summed E-state index contributed by atoms with van der Waals surface area (Å²) >= 11 is 0. The summed E-state index contributed by atoms with van der Waals surface area (Å²) in [5.74, 6) is 0. The highest BCUT2D eigenvalue weighted by atomic mass is 16.5. The summed E-state index contributed by atoms with van der Waals surface area (Å²) in [6.07, 6.45) is 0.281. The van der Waals surface area contributed by atoms with Crippen LogP contribution in [-0.4, -0.2) is 51.5 Å². The lowest BCUT2D eigenvalue weighted by Crippen LogP contribution is -2.41. The fourth-order valence-corrected chi connectivity index (χ4v) is 1.15. The summed E-state index contributed by atoms with van der Waals surface area (Å²) in [5, 5.41) is 0. The Bertz CT molecular complexity index is 96.5. The molecule has 1 heterocycles. The third kappa shape index (κ3) is 4.70. The quantitative estimate of drug-likeness (QED) is 0.624. The van der Waals surface area contributed by atoms with Gasteiger partial charge in [-0.2, -0.15) is 0 Å². The van der Waals surface area contributed by atoms with E-state index in [2.05, 4.69) is 11.9 Å². The molecule has 3 heteroatoms. The number of nitrogens with zero attached hydrogens (tertiary/aromatic N) is 1. The van der Waals surface area contributed by atoms with E-state index in [1.807, 2.05) is 13.8 Å². The van der Waals surface area contributed by atoms with Gasteiger partial charge in [-0.3, -0.25) is 0 Å². The average molecular weight is 175 g/mol. The molecule has 0 bridgehead atoms. The number of morpholine rings is 1. The molecule has 0 aliphatic carbocycles. The summed E-state index contributed by atoms with van der Waals surface area (Å²) in [7, 11) is 3.81. The van der Waals surface area contributed by atoms with E-state index in [4.69, 9.17) is 9.47 Å². The number of hydrogen-bond donors (Lipinski definition) is 0. The van der Waals surface area contributed by atoms with E-state index in [1.165, 1.54) is 0 Å². The average Bonchev–Trinajstić information content (AvgIpc) is 2.09. The van der Waals surface area contributed by atoms with Gasteiger partial charge in [-0.1, -0.05) is 13.8 Å². The second kappa shape index (κ2) is 7.53. The van der Waals surface area contributed by atoms with E-state index >= 15 is 0 Å². The fourth-order valence-electron chi connectivity index (χ4n) is 1.15. The zero-order chi connectivity index (χ0) is 9.40. The lowest BCUT2D eigenvalue weighted by atomic mass is 10.3. The van der Waals surface area contributed by atoms with Gasteiger partial charge in [0.2, 0.25) is 0 Å². The molecule has 0 aromatic rings. The third-order valence-electron chi connectivity index (χ3n) is 1.69. The van der Waals surface area contributed by atoms with Gasteiger partial charge in [0.25, 0.3) is 0 Å². The van der Waals surface area contributed by atoms with Crippen molar-refractivity contribution in [3.8, 4) is 0 Å². The minimum Gasteiger partial charge on any atom is -0.382 e. The van der Waals surface area contributed by atoms with Crippen molar-refractivity contribution < 1.29 is 9.47 Å². The van der Waals surface area contributed by atoms with E-state index in [1.54, 1.807) is 7.11 Å². The first-order chi connectivity index (χ1) is 5.83. The Morgan fingerprint density at radius 3 is 2.67 bits per heavy atom. The van der Waals surface area contributed by atoms with Crippen LogP contribution in [0.5, 0.6) is 0 Å². The van der Waals surface area contributed by atoms with Crippen LogP contribution in [0.3, 0.4) is 0 Å². The molecule has 0 N–H and O–H groups in total. The summed E-state index contributed by atoms with van der Waals surface area (Å²) in [5.41, 5.74) is 0. The highest BCUT2D eigenvalue weighted by Crippen LogP contribution is 2.02. The molecule has 3 nitrogen and oxygen atoms in total. The first kappa shape index (κ1) is 11.9. The molecule has 1 fully saturated rings. The molecule has 0 saturated carbocycles. The Morgan fingerprint density at radius 1 is 1.50 bits per heavy atom. The molecule has 1 saturated heterocycles. The maximum Gasteiger partial charge on any atom is 0.0935 e. The Labute approximate surface area is 75.6 Å². The minimum atomic E-state index is 0.281. The van der Waals surface area contributed by atoms with Gasteiger partial charge in [0.15, 0.2) is 0 Å². The largest absolute Gasteiger partial charge is 0.382 e. The van der Waals surface area contributed by atoms with E-state index in [-0.39, 0.29) is 6.10 Å². The lowest BCUT2D eigenvalue weighted by molar-refractivity contribution is -0.0542. The molecule has 12 heavy (non-hydrogen) atoms. The molecule has 0 spiro atoms. The predicted octanol–water partition coefficient (Wildman–Crippen LogP) is 0.990. The fraction of sp³-hybridized carbons (Fsp3) is 1.00. The highest BCUT2D eigenvalue weighted by molar-refractivity contribution is 4.67. The van der Waals surface area contributed by atoms with Gasteiger partial charge in [-0.25, -0.2) is 0 Å². The maximum absolute atomic E-state index is 5.42.